The van der Waals surface area contributed by atoms with Gasteiger partial charge in [0.05, 0.1) is 18.4 Å². The molecule has 2 aromatic rings. The third-order valence-corrected chi connectivity index (χ3v) is 3.27. The van der Waals surface area contributed by atoms with Gasteiger partial charge in [0.15, 0.2) is 0 Å². The predicted octanol–water partition coefficient (Wildman–Crippen LogP) is 3.77. The quantitative estimate of drug-likeness (QED) is 0.600. The molecule has 0 aliphatic rings. The van der Waals surface area contributed by atoms with Crippen LogP contribution in [0, 0.1) is 0 Å². The molecule has 0 saturated carbocycles. The Morgan fingerprint density at radius 3 is 2.25 bits per heavy atom. The molecule has 4 nitrogen and oxygen atoms in total. The fraction of sp³-hybridized carbons (Fsp3) is 0.312. The van der Waals surface area contributed by atoms with E-state index in [0.717, 1.165) is 24.6 Å². The number of anilines is 1. The van der Waals surface area contributed by atoms with Crippen LogP contribution >= 0.6 is 0 Å². The highest BCUT2D eigenvalue weighted by atomic mass is 15.2. The summed E-state index contributed by atoms with van der Waals surface area (Å²) in [7, 11) is 1.96. The largest absolute Gasteiger partial charge is 0.372 e. The van der Waals surface area contributed by atoms with E-state index in [1.807, 2.05) is 48.1 Å². The van der Waals surface area contributed by atoms with Gasteiger partial charge in [0.1, 0.15) is 5.69 Å². The van der Waals surface area contributed by atoms with Crippen LogP contribution in [0.15, 0.2) is 58.9 Å². The van der Waals surface area contributed by atoms with E-state index in [1.165, 1.54) is 5.69 Å². The molecule has 0 N–H and O–H groups in total. The maximum Gasteiger partial charge on any atom is 0.350 e. The van der Waals surface area contributed by atoms with Gasteiger partial charge in [0, 0.05) is 24.8 Å². The van der Waals surface area contributed by atoms with E-state index in [1.54, 1.807) is 0 Å². The number of aromatic nitrogens is 1. The maximum atomic E-state index is 4.28. The fourth-order valence-electron chi connectivity index (χ4n) is 2.05. The molecule has 0 atom stereocenters. The predicted molar refractivity (Wildman–Crippen MR) is 81.8 cm³/mol. The van der Waals surface area contributed by atoms with Crippen LogP contribution in [0.1, 0.15) is 13.8 Å². The molecule has 0 fully saturated rings. The second-order valence-corrected chi connectivity index (χ2v) is 4.56. The summed E-state index contributed by atoms with van der Waals surface area (Å²) in [5.41, 5.74) is 2.09. The highest BCUT2D eigenvalue weighted by molar-refractivity contribution is 5.52. The van der Waals surface area contributed by atoms with Crippen molar-refractivity contribution in [3.8, 4) is 0 Å². The number of azo groups is 1. The van der Waals surface area contributed by atoms with E-state index in [2.05, 4.69) is 41.1 Å². The molecule has 1 aromatic heterocycles. The lowest BCUT2D eigenvalue weighted by molar-refractivity contribution is -0.658. The number of aryl methyl sites for hydroxylation is 1. The van der Waals surface area contributed by atoms with Gasteiger partial charge in [-0.05, 0) is 49.3 Å². The van der Waals surface area contributed by atoms with E-state index in [0.29, 0.717) is 0 Å². The van der Waals surface area contributed by atoms with Gasteiger partial charge in [-0.15, -0.1) is 0 Å². The van der Waals surface area contributed by atoms with Crippen LogP contribution in [0.3, 0.4) is 0 Å². The molecule has 1 aromatic carbocycles. The van der Waals surface area contributed by atoms with Crippen molar-refractivity contribution < 1.29 is 4.57 Å². The smallest absolute Gasteiger partial charge is 0.350 e. The fourth-order valence-corrected chi connectivity index (χ4v) is 2.05. The molecule has 0 aliphatic carbocycles. The first-order valence-electron chi connectivity index (χ1n) is 6.96. The molecule has 4 heteroatoms. The minimum absolute atomic E-state index is 0.834. The summed E-state index contributed by atoms with van der Waals surface area (Å²) in [4.78, 5) is 2.30. The van der Waals surface area contributed by atoms with E-state index >= 15 is 0 Å². The molecule has 0 radical (unpaired) electrons. The van der Waals surface area contributed by atoms with Crippen molar-refractivity contribution in [3.63, 3.8) is 0 Å². The average molecular weight is 269 g/mol. The molecule has 0 unspecified atom stereocenters. The molecule has 104 valence electrons. The minimum Gasteiger partial charge on any atom is -0.372 e. The van der Waals surface area contributed by atoms with E-state index in [-0.39, 0.29) is 0 Å². The Labute approximate surface area is 120 Å². The first kappa shape index (κ1) is 14.2. The van der Waals surface area contributed by atoms with Crippen molar-refractivity contribution in [2.24, 2.45) is 17.3 Å². The Morgan fingerprint density at radius 2 is 1.65 bits per heavy atom. The van der Waals surface area contributed by atoms with Crippen molar-refractivity contribution in [3.05, 3.63) is 48.7 Å². The molecule has 0 amide bonds. The summed E-state index contributed by atoms with van der Waals surface area (Å²) < 4.78 is 1.94. The molecule has 0 aliphatic heterocycles. The number of pyridine rings is 1. The van der Waals surface area contributed by atoms with E-state index in [9.17, 15) is 0 Å². The normalized spacial score (nSPS) is 10.9. The van der Waals surface area contributed by atoms with Crippen molar-refractivity contribution in [1.82, 2.24) is 0 Å². The highest BCUT2D eigenvalue weighted by Crippen LogP contribution is 2.21. The Balaban J connectivity index is 2.13. The number of benzene rings is 1. The van der Waals surface area contributed by atoms with Crippen molar-refractivity contribution in [2.75, 3.05) is 18.0 Å². The first-order chi connectivity index (χ1) is 9.74. The van der Waals surface area contributed by atoms with Crippen LogP contribution in [0.4, 0.5) is 17.2 Å². The lowest BCUT2D eigenvalue weighted by atomic mass is 10.2. The van der Waals surface area contributed by atoms with Crippen LogP contribution in [0.2, 0.25) is 0 Å². The van der Waals surface area contributed by atoms with Gasteiger partial charge < -0.3 is 4.90 Å². The van der Waals surface area contributed by atoms with Crippen LogP contribution in [-0.2, 0) is 7.05 Å². The molecular formula is C16H21N4+. The number of nitrogens with zero attached hydrogens (tertiary/aromatic N) is 4. The summed E-state index contributed by atoms with van der Waals surface area (Å²) in [6, 6.07) is 14.0. The Hall–Kier alpha value is -2.23. The number of hydrogen-bond acceptors (Lipinski definition) is 3. The monoisotopic (exact) mass is 269 g/mol. The Bertz CT molecular complexity index is 571. The van der Waals surface area contributed by atoms with Gasteiger partial charge in [-0.2, -0.15) is 0 Å². The second kappa shape index (κ2) is 6.80. The summed E-state index contributed by atoms with van der Waals surface area (Å²) in [5.74, 6) is 0.834. The summed E-state index contributed by atoms with van der Waals surface area (Å²) in [5, 5.41) is 8.54. The van der Waals surface area contributed by atoms with Gasteiger partial charge >= 0.3 is 5.82 Å². The van der Waals surface area contributed by atoms with Crippen LogP contribution in [-0.4, -0.2) is 13.1 Å². The Morgan fingerprint density at radius 1 is 0.950 bits per heavy atom. The van der Waals surface area contributed by atoms with Gasteiger partial charge in [-0.3, -0.25) is 0 Å². The van der Waals surface area contributed by atoms with Crippen LogP contribution < -0.4 is 9.47 Å². The molecule has 20 heavy (non-hydrogen) atoms. The number of rotatable bonds is 5. The van der Waals surface area contributed by atoms with Crippen LogP contribution in [0.25, 0.3) is 0 Å². The zero-order valence-electron chi connectivity index (χ0n) is 12.3. The maximum absolute atomic E-state index is 4.28. The standard InChI is InChI=1S/C16H21N4/c1-4-20(5-2)15-11-9-14(10-12-15)17-18-16-8-6-7-13-19(16)3/h6-13H,4-5H2,1-3H3/q+1. The first-order valence-corrected chi connectivity index (χ1v) is 6.96. The van der Waals surface area contributed by atoms with Gasteiger partial charge in [0.2, 0.25) is 0 Å². The lowest BCUT2D eigenvalue weighted by Crippen LogP contribution is -2.26. The molecule has 2 rings (SSSR count). The molecule has 0 bridgehead atoms. The number of hydrogen-bond donors (Lipinski definition) is 0. The zero-order chi connectivity index (χ0) is 14.4. The van der Waals surface area contributed by atoms with Crippen molar-refractivity contribution >= 4 is 17.2 Å². The summed E-state index contributed by atoms with van der Waals surface area (Å²) in [6.45, 7) is 6.34. The summed E-state index contributed by atoms with van der Waals surface area (Å²) in [6.07, 6.45) is 1.96. The van der Waals surface area contributed by atoms with Crippen molar-refractivity contribution in [2.45, 2.75) is 13.8 Å². The third kappa shape index (κ3) is 3.41. The topological polar surface area (TPSA) is 31.8 Å². The average Bonchev–Trinajstić information content (AvgIpc) is 2.49. The van der Waals surface area contributed by atoms with Crippen LogP contribution in [0.5, 0.6) is 0 Å². The van der Waals surface area contributed by atoms with Gasteiger partial charge in [0.25, 0.3) is 0 Å². The molecule has 1 heterocycles. The molecule has 0 saturated heterocycles. The second-order valence-electron chi connectivity index (χ2n) is 4.56. The minimum atomic E-state index is 0.834. The SMILES string of the molecule is CCN(CC)c1ccc(N=Nc2cccc[n+]2C)cc1. The van der Waals surface area contributed by atoms with Crippen molar-refractivity contribution in [1.29, 1.82) is 0 Å². The van der Waals surface area contributed by atoms with E-state index < -0.39 is 0 Å². The Kier molecular flexibility index (Phi) is 4.82. The lowest BCUT2D eigenvalue weighted by Gasteiger charge is -2.20. The van der Waals surface area contributed by atoms with E-state index in [4.69, 9.17) is 0 Å². The highest BCUT2D eigenvalue weighted by Gasteiger charge is 2.05. The van der Waals surface area contributed by atoms with Gasteiger partial charge in [-0.25, -0.2) is 4.57 Å². The summed E-state index contributed by atoms with van der Waals surface area (Å²) >= 11 is 0. The zero-order valence-corrected chi connectivity index (χ0v) is 12.3. The van der Waals surface area contributed by atoms with Gasteiger partial charge in [-0.1, -0.05) is 6.07 Å². The third-order valence-electron chi connectivity index (χ3n) is 3.27. The molecule has 0 spiro atoms. The molecular weight excluding hydrogens is 248 g/mol.